The van der Waals surface area contributed by atoms with Gasteiger partial charge in [-0.25, -0.2) is 9.78 Å². The monoisotopic (exact) mass is 360 g/mol. The highest BCUT2D eigenvalue weighted by molar-refractivity contribution is 7.09. The number of hydrogen-bond donors (Lipinski definition) is 3. The van der Waals surface area contributed by atoms with Gasteiger partial charge in [0.15, 0.2) is 0 Å². The van der Waals surface area contributed by atoms with Crippen LogP contribution < -0.4 is 16.0 Å². The molecule has 1 heterocycles. The van der Waals surface area contributed by atoms with Gasteiger partial charge in [0, 0.05) is 35.6 Å². The molecule has 0 aliphatic rings. The maximum atomic E-state index is 12.1. The van der Waals surface area contributed by atoms with Crippen LogP contribution in [0.4, 0.5) is 10.5 Å². The van der Waals surface area contributed by atoms with Crippen LogP contribution >= 0.6 is 11.3 Å². The molecule has 0 aliphatic carbocycles. The molecule has 0 spiro atoms. The Balaban J connectivity index is 1.83. The first-order chi connectivity index (χ1) is 12.0. The minimum atomic E-state index is -0.290. The molecule has 0 atom stereocenters. The van der Waals surface area contributed by atoms with Gasteiger partial charge in [0.2, 0.25) is 0 Å². The molecule has 0 radical (unpaired) electrons. The second-order valence-electron chi connectivity index (χ2n) is 6.18. The Bertz CT molecular complexity index is 727. The van der Waals surface area contributed by atoms with Crippen molar-refractivity contribution in [1.82, 2.24) is 15.6 Å². The Morgan fingerprint density at radius 2 is 2.04 bits per heavy atom. The first kappa shape index (κ1) is 18.9. The SMILES string of the molecule is Cc1ncsc1CCNC(=O)Nc1cccc(C(=O)NCC(C)C)c1. The lowest BCUT2D eigenvalue weighted by molar-refractivity contribution is 0.0949. The molecule has 2 rings (SSSR count). The fourth-order valence-electron chi connectivity index (χ4n) is 2.17. The predicted octanol–water partition coefficient (Wildman–Crippen LogP) is 3.20. The van der Waals surface area contributed by atoms with E-state index in [-0.39, 0.29) is 11.9 Å². The van der Waals surface area contributed by atoms with E-state index < -0.39 is 0 Å². The van der Waals surface area contributed by atoms with E-state index in [0.717, 1.165) is 12.1 Å². The zero-order valence-electron chi connectivity index (χ0n) is 14.8. The Morgan fingerprint density at radius 3 is 2.72 bits per heavy atom. The summed E-state index contributed by atoms with van der Waals surface area (Å²) in [6, 6.07) is 6.61. The van der Waals surface area contributed by atoms with Crippen molar-refractivity contribution in [3.05, 3.63) is 45.9 Å². The summed E-state index contributed by atoms with van der Waals surface area (Å²) in [7, 11) is 0. The van der Waals surface area contributed by atoms with Crippen molar-refractivity contribution >= 4 is 29.0 Å². The van der Waals surface area contributed by atoms with Crippen LogP contribution in [0.1, 0.15) is 34.8 Å². The van der Waals surface area contributed by atoms with E-state index >= 15 is 0 Å². The van der Waals surface area contributed by atoms with Crippen LogP contribution in [0.25, 0.3) is 0 Å². The number of aromatic nitrogens is 1. The lowest BCUT2D eigenvalue weighted by Crippen LogP contribution is -2.30. The third-order valence-electron chi connectivity index (χ3n) is 3.54. The second-order valence-corrected chi connectivity index (χ2v) is 7.12. The molecular formula is C18H24N4O2S. The lowest BCUT2D eigenvalue weighted by Gasteiger charge is -2.10. The van der Waals surface area contributed by atoms with Crippen molar-refractivity contribution in [2.24, 2.45) is 5.92 Å². The normalized spacial score (nSPS) is 10.6. The Labute approximate surface area is 152 Å². The smallest absolute Gasteiger partial charge is 0.319 e. The first-order valence-corrected chi connectivity index (χ1v) is 9.15. The molecule has 134 valence electrons. The zero-order valence-corrected chi connectivity index (χ0v) is 15.6. The quantitative estimate of drug-likeness (QED) is 0.709. The fraction of sp³-hybridized carbons (Fsp3) is 0.389. The average molecular weight is 360 g/mol. The summed E-state index contributed by atoms with van der Waals surface area (Å²) in [6.07, 6.45) is 0.752. The van der Waals surface area contributed by atoms with Gasteiger partial charge in [0.05, 0.1) is 11.2 Å². The molecular weight excluding hydrogens is 336 g/mol. The summed E-state index contributed by atoms with van der Waals surface area (Å²) in [4.78, 5) is 29.4. The van der Waals surface area contributed by atoms with Gasteiger partial charge in [-0.2, -0.15) is 0 Å². The lowest BCUT2D eigenvalue weighted by atomic mass is 10.1. The average Bonchev–Trinajstić information content (AvgIpc) is 2.98. The van der Waals surface area contributed by atoms with E-state index in [9.17, 15) is 9.59 Å². The number of nitrogens with zero attached hydrogens (tertiary/aromatic N) is 1. The third-order valence-corrected chi connectivity index (χ3v) is 4.53. The summed E-state index contributed by atoms with van der Waals surface area (Å²) in [5.41, 5.74) is 3.93. The molecule has 1 aromatic heterocycles. The maximum Gasteiger partial charge on any atom is 0.319 e. The van der Waals surface area contributed by atoms with E-state index in [2.05, 4.69) is 20.9 Å². The molecule has 0 bridgehead atoms. The van der Waals surface area contributed by atoms with Crippen molar-refractivity contribution in [3.8, 4) is 0 Å². The number of aryl methyl sites for hydroxylation is 1. The Morgan fingerprint density at radius 1 is 1.24 bits per heavy atom. The molecule has 0 saturated heterocycles. The van der Waals surface area contributed by atoms with Crippen LogP contribution in [-0.4, -0.2) is 30.0 Å². The number of carbonyl (C=O) groups excluding carboxylic acids is 2. The number of urea groups is 1. The van der Waals surface area contributed by atoms with Crippen molar-refractivity contribution in [2.45, 2.75) is 27.2 Å². The van der Waals surface area contributed by atoms with Gasteiger partial charge in [0.1, 0.15) is 0 Å². The second kappa shape index (κ2) is 9.17. The molecule has 2 aromatic rings. The minimum Gasteiger partial charge on any atom is -0.352 e. The van der Waals surface area contributed by atoms with Crippen molar-refractivity contribution < 1.29 is 9.59 Å². The van der Waals surface area contributed by atoms with E-state index in [0.29, 0.717) is 30.3 Å². The number of nitrogens with one attached hydrogen (secondary N) is 3. The summed E-state index contributed by atoms with van der Waals surface area (Å²) in [5.74, 6) is 0.247. The van der Waals surface area contributed by atoms with Gasteiger partial charge in [-0.1, -0.05) is 19.9 Å². The van der Waals surface area contributed by atoms with Crippen molar-refractivity contribution in [1.29, 1.82) is 0 Å². The standard InChI is InChI=1S/C18H24N4O2S/c1-12(2)10-20-17(23)14-5-4-6-15(9-14)22-18(24)19-8-7-16-13(3)21-11-25-16/h4-6,9,11-12H,7-8,10H2,1-3H3,(H,20,23)(H2,19,22,24). The van der Waals surface area contributed by atoms with Crippen LogP contribution in [0, 0.1) is 12.8 Å². The van der Waals surface area contributed by atoms with Crippen LogP contribution in [0.15, 0.2) is 29.8 Å². The van der Waals surface area contributed by atoms with Gasteiger partial charge in [0.25, 0.3) is 5.91 Å². The van der Waals surface area contributed by atoms with Gasteiger partial charge < -0.3 is 16.0 Å². The van der Waals surface area contributed by atoms with Crippen LogP contribution in [0.3, 0.4) is 0 Å². The third kappa shape index (κ3) is 6.19. The maximum absolute atomic E-state index is 12.1. The largest absolute Gasteiger partial charge is 0.352 e. The highest BCUT2D eigenvalue weighted by Gasteiger charge is 2.08. The Kier molecular flexibility index (Phi) is 6.94. The van der Waals surface area contributed by atoms with Crippen LogP contribution in [0.2, 0.25) is 0 Å². The molecule has 0 unspecified atom stereocenters. The number of anilines is 1. The first-order valence-electron chi connectivity index (χ1n) is 8.27. The summed E-state index contributed by atoms with van der Waals surface area (Å²) < 4.78 is 0. The fourth-order valence-corrected chi connectivity index (χ4v) is 2.95. The van der Waals surface area contributed by atoms with Gasteiger partial charge in [-0.3, -0.25) is 4.79 Å². The summed E-state index contributed by atoms with van der Waals surface area (Å²) in [5, 5.41) is 8.43. The van der Waals surface area contributed by atoms with E-state index in [1.165, 1.54) is 4.88 Å². The van der Waals surface area contributed by atoms with Crippen LogP contribution in [0.5, 0.6) is 0 Å². The molecule has 0 fully saturated rings. The molecule has 25 heavy (non-hydrogen) atoms. The molecule has 0 saturated carbocycles. The van der Waals surface area contributed by atoms with Gasteiger partial charge in [-0.05, 0) is 31.0 Å². The number of hydrogen-bond acceptors (Lipinski definition) is 4. The highest BCUT2D eigenvalue weighted by Crippen LogP contribution is 2.13. The number of carbonyl (C=O) groups is 2. The highest BCUT2D eigenvalue weighted by atomic mass is 32.1. The molecule has 1 aromatic carbocycles. The van der Waals surface area contributed by atoms with Gasteiger partial charge in [-0.15, -0.1) is 11.3 Å². The molecule has 0 aliphatic heterocycles. The molecule has 3 amide bonds. The number of rotatable bonds is 7. The van der Waals surface area contributed by atoms with E-state index in [4.69, 9.17) is 0 Å². The number of benzene rings is 1. The van der Waals surface area contributed by atoms with E-state index in [1.54, 1.807) is 41.1 Å². The molecule has 6 nitrogen and oxygen atoms in total. The number of amides is 3. The molecule has 3 N–H and O–H groups in total. The van der Waals surface area contributed by atoms with E-state index in [1.807, 2.05) is 20.8 Å². The number of thiazole rings is 1. The van der Waals surface area contributed by atoms with Crippen molar-refractivity contribution in [2.75, 3.05) is 18.4 Å². The topological polar surface area (TPSA) is 83.1 Å². The summed E-state index contributed by atoms with van der Waals surface area (Å²) >= 11 is 1.59. The van der Waals surface area contributed by atoms with Crippen LogP contribution in [-0.2, 0) is 6.42 Å². The van der Waals surface area contributed by atoms with Gasteiger partial charge >= 0.3 is 6.03 Å². The summed E-state index contributed by atoms with van der Waals surface area (Å²) in [6.45, 7) is 7.19. The predicted molar refractivity (Wildman–Crippen MR) is 101 cm³/mol. The molecule has 7 heteroatoms. The zero-order chi connectivity index (χ0) is 18.2. The minimum absolute atomic E-state index is 0.140. The van der Waals surface area contributed by atoms with Crippen molar-refractivity contribution in [3.63, 3.8) is 0 Å². The Hall–Kier alpha value is -2.41.